The Morgan fingerprint density at radius 3 is 2.73 bits per heavy atom. The fourth-order valence-electron chi connectivity index (χ4n) is 4.00. The largest absolute Gasteiger partial charge is 0.503 e. The van der Waals surface area contributed by atoms with Gasteiger partial charge in [0.2, 0.25) is 5.78 Å². The molecule has 2 aromatic heterocycles. The fraction of sp³-hybridized carbons (Fsp3) is 0.0800. The first-order valence-corrected chi connectivity index (χ1v) is 11.2. The van der Waals surface area contributed by atoms with Crippen molar-refractivity contribution in [1.82, 2.24) is 4.98 Å². The average molecular weight is 524 g/mol. The predicted molar refractivity (Wildman–Crippen MR) is 129 cm³/mol. The van der Waals surface area contributed by atoms with Crippen LogP contribution in [0.25, 0.3) is 11.0 Å². The number of hydrogen-bond donors (Lipinski definition) is 1. The number of amides is 1. The average Bonchev–Trinajstić information content (AvgIpc) is 3.34. The molecule has 0 spiro atoms. The molecular weight excluding hydrogens is 508 g/mol. The Morgan fingerprint density at radius 2 is 1.97 bits per heavy atom. The molecule has 33 heavy (non-hydrogen) atoms. The number of aliphatic hydroxyl groups is 1. The Bertz CT molecular complexity index is 1460. The second kappa shape index (κ2) is 8.17. The van der Waals surface area contributed by atoms with Crippen LogP contribution in [0.5, 0.6) is 0 Å². The van der Waals surface area contributed by atoms with Crippen molar-refractivity contribution < 1.29 is 19.1 Å². The maximum absolute atomic E-state index is 13.6. The Labute approximate surface area is 202 Å². The molecule has 4 aromatic rings. The molecule has 0 fully saturated rings. The van der Waals surface area contributed by atoms with Gasteiger partial charge in [0, 0.05) is 26.8 Å². The molecule has 0 saturated heterocycles. The lowest BCUT2D eigenvalue weighted by molar-refractivity contribution is -0.117. The molecule has 0 aliphatic carbocycles. The minimum atomic E-state index is -0.955. The van der Waals surface area contributed by atoms with Gasteiger partial charge in [0.25, 0.3) is 5.91 Å². The third kappa shape index (κ3) is 3.63. The van der Waals surface area contributed by atoms with Crippen molar-refractivity contribution in [3.05, 3.63) is 105 Å². The van der Waals surface area contributed by atoms with E-state index in [0.717, 1.165) is 10.0 Å². The molecule has 0 radical (unpaired) electrons. The van der Waals surface area contributed by atoms with Crippen molar-refractivity contribution in [2.45, 2.75) is 13.0 Å². The highest BCUT2D eigenvalue weighted by Crippen LogP contribution is 2.43. The number of furan rings is 1. The van der Waals surface area contributed by atoms with E-state index in [2.05, 4.69) is 20.9 Å². The van der Waals surface area contributed by atoms with Crippen LogP contribution in [0.4, 0.5) is 5.69 Å². The van der Waals surface area contributed by atoms with E-state index >= 15 is 0 Å². The molecule has 5 rings (SSSR count). The quantitative estimate of drug-likeness (QED) is 0.316. The van der Waals surface area contributed by atoms with Crippen LogP contribution in [0, 0.1) is 6.92 Å². The Morgan fingerprint density at radius 1 is 1.15 bits per heavy atom. The van der Waals surface area contributed by atoms with Crippen LogP contribution in [-0.4, -0.2) is 21.8 Å². The summed E-state index contributed by atoms with van der Waals surface area (Å²) in [6.07, 6.45) is 1.57. The van der Waals surface area contributed by atoms with Gasteiger partial charge in [-0.05, 0) is 61.0 Å². The molecule has 1 amide bonds. The van der Waals surface area contributed by atoms with E-state index in [0.29, 0.717) is 27.4 Å². The number of carbonyl (C=O) groups is 2. The number of carbonyl (C=O) groups excluding carboxylic acids is 2. The van der Waals surface area contributed by atoms with E-state index in [1.165, 1.54) is 4.90 Å². The monoisotopic (exact) mass is 522 g/mol. The third-order valence-corrected chi connectivity index (χ3v) is 6.28. The summed E-state index contributed by atoms with van der Waals surface area (Å²) in [6, 6.07) is 16.3. The van der Waals surface area contributed by atoms with Crippen LogP contribution in [0.2, 0.25) is 5.02 Å². The number of anilines is 1. The zero-order valence-electron chi connectivity index (χ0n) is 17.3. The Balaban J connectivity index is 1.68. The number of fused-ring (bicyclic) bond motifs is 1. The maximum Gasteiger partial charge on any atom is 0.294 e. The van der Waals surface area contributed by atoms with Gasteiger partial charge in [-0.3, -0.25) is 19.5 Å². The number of Topliss-reactive ketones (excluding diaryl/α,β-unsaturated/α-hetero) is 1. The molecule has 0 bridgehead atoms. The second-order valence-electron chi connectivity index (χ2n) is 7.65. The molecule has 3 heterocycles. The standard InChI is InChI=1S/C25H16BrClN2O4/c1-13-5-7-16(27)12-18(13)29-22(17-4-2-3-9-28-17)21(24(31)25(29)32)23(30)20-11-14-10-15(26)6-8-19(14)33-20/h2-12,22,31H,1H3. The maximum atomic E-state index is 13.6. The van der Waals surface area contributed by atoms with Gasteiger partial charge in [0.15, 0.2) is 11.5 Å². The highest BCUT2D eigenvalue weighted by molar-refractivity contribution is 9.10. The van der Waals surface area contributed by atoms with E-state index in [4.69, 9.17) is 16.0 Å². The second-order valence-corrected chi connectivity index (χ2v) is 9.00. The lowest BCUT2D eigenvalue weighted by Gasteiger charge is -2.27. The van der Waals surface area contributed by atoms with E-state index in [1.54, 1.807) is 60.8 Å². The summed E-state index contributed by atoms with van der Waals surface area (Å²) in [5.41, 5.74) is 2.07. The number of pyridine rings is 1. The lowest BCUT2D eigenvalue weighted by Crippen LogP contribution is -2.32. The first kappa shape index (κ1) is 21.4. The topological polar surface area (TPSA) is 83.6 Å². The number of aromatic nitrogens is 1. The van der Waals surface area contributed by atoms with Gasteiger partial charge in [0.1, 0.15) is 11.6 Å². The molecular formula is C25H16BrClN2O4. The van der Waals surface area contributed by atoms with Gasteiger partial charge >= 0.3 is 0 Å². The van der Waals surface area contributed by atoms with Gasteiger partial charge in [-0.1, -0.05) is 39.7 Å². The van der Waals surface area contributed by atoms with E-state index in [9.17, 15) is 14.7 Å². The normalized spacial score (nSPS) is 16.2. The number of halogens is 2. The smallest absolute Gasteiger partial charge is 0.294 e. The molecule has 2 aromatic carbocycles. The van der Waals surface area contributed by atoms with E-state index < -0.39 is 23.5 Å². The van der Waals surface area contributed by atoms with Crippen LogP contribution in [0.3, 0.4) is 0 Å². The highest BCUT2D eigenvalue weighted by atomic mass is 79.9. The summed E-state index contributed by atoms with van der Waals surface area (Å²) in [5, 5.41) is 12.0. The molecule has 1 atom stereocenters. The summed E-state index contributed by atoms with van der Waals surface area (Å²) in [5.74, 6) is -1.93. The van der Waals surface area contributed by atoms with Gasteiger partial charge in [-0.15, -0.1) is 0 Å². The van der Waals surface area contributed by atoms with Crippen LogP contribution < -0.4 is 4.90 Å². The number of benzene rings is 2. The van der Waals surface area contributed by atoms with Crippen LogP contribution in [0.1, 0.15) is 27.9 Å². The summed E-state index contributed by atoms with van der Waals surface area (Å²) in [4.78, 5) is 32.6. The molecule has 8 heteroatoms. The fourth-order valence-corrected chi connectivity index (χ4v) is 4.55. The zero-order chi connectivity index (χ0) is 23.3. The first-order chi connectivity index (χ1) is 15.8. The summed E-state index contributed by atoms with van der Waals surface area (Å²) < 4.78 is 6.60. The van der Waals surface area contributed by atoms with E-state index in [-0.39, 0.29) is 11.3 Å². The van der Waals surface area contributed by atoms with Crippen molar-refractivity contribution in [3.63, 3.8) is 0 Å². The minimum absolute atomic E-state index is 0.0167. The number of hydrogen-bond acceptors (Lipinski definition) is 5. The van der Waals surface area contributed by atoms with Gasteiger partial charge in [0.05, 0.1) is 11.3 Å². The van der Waals surface area contributed by atoms with Crippen LogP contribution in [0.15, 0.2) is 87.1 Å². The number of aryl methyl sites for hydroxylation is 1. The highest BCUT2D eigenvalue weighted by Gasteiger charge is 2.46. The molecule has 1 aliphatic rings. The SMILES string of the molecule is Cc1ccc(Cl)cc1N1C(=O)C(O)=C(C(=O)c2cc3cc(Br)ccc3o2)C1c1ccccn1. The summed E-state index contributed by atoms with van der Waals surface area (Å²) in [7, 11) is 0. The number of rotatable bonds is 4. The molecule has 1 unspecified atom stereocenters. The predicted octanol–water partition coefficient (Wildman–Crippen LogP) is 6.34. The minimum Gasteiger partial charge on any atom is -0.503 e. The van der Waals surface area contributed by atoms with Crippen molar-refractivity contribution in [2.24, 2.45) is 0 Å². The first-order valence-electron chi connectivity index (χ1n) is 10.0. The van der Waals surface area contributed by atoms with Crippen LogP contribution >= 0.6 is 27.5 Å². The zero-order valence-corrected chi connectivity index (χ0v) is 19.6. The van der Waals surface area contributed by atoms with E-state index in [1.807, 2.05) is 13.0 Å². The molecule has 164 valence electrons. The summed E-state index contributed by atoms with van der Waals surface area (Å²) in [6.45, 7) is 1.82. The molecule has 0 saturated carbocycles. The summed E-state index contributed by atoms with van der Waals surface area (Å²) >= 11 is 9.61. The number of nitrogens with zero attached hydrogens (tertiary/aromatic N) is 2. The van der Waals surface area contributed by atoms with Gasteiger partial charge in [-0.25, -0.2) is 0 Å². The molecule has 1 N–H and O–H groups in total. The van der Waals surface area contributed by atoms with Crippen LogP contribution in [-0.2, 0) is 4.79 Å². The number of aliphatic hydroxyl groups excluding tert-OH is 1. The van der Waals surface area contributed by atoms with Gasteiger partial charge < -0.3 is 9.52 Å². The van der Waals surface area contributed by atoms with Crippen molar-refractivity contribution in [1.29, 1.82) is 0 Å². The van der Waals surface area contributed by atoms with Crippen molar-refractivity contribution in [3.8, 4) is 0 Å². The Hall–Kier alpha value is -3.42. The van der Waals surface area contributed by atoms with Gasteiger partial charge in [-0.2, -0.15) is 0 Å². The molecule has 6 nitrogen and oxygen atoms in total. The third-order valence-electron chi connectivity index (χ3n) is 5.55. The Kier molecular flexibility index (Phi) is 5.31. The van der Waals surface area contributed by atoms with Crippen molar-refractivity contribution >= 4 is 55.9 Å². The number of ketones is 1. The van der Waals surface area contributed by atoms with Crippen molar-refractivity contribution in [2.75, 3.05) is 4.90 Å². The molecule has 1 aliphatic heterocycles. The lowest BCUT2D eigenvalue weighted by atomic mass is 9.97.